The second kappa shape index (κ2) is 12.5. The van der Waals surface area contributed by atoms with E-state index in [1.165, 1.54) is 43.5 Å². The number of hydrogen-bond acceptors (Lipinski definition) is 6. The molecule has 0 spiro atoms. The Morgan fingerprint density at radius 3 is 2.47 bits per heavy atom. The maximum absolute atomic E-state index is 14.0. The molecule has 9 heteroatoms. The van der Waals surface area contributed by atoms with Crippen molar-refractivity contribution in [1.29, 1.82) is 5.26 Å². The number of carbonyl (C=O) groups is 2. The van der Waals surface area contributed by atoms with Gasteiger partial charge >= 0.3 is 5.97 Å². The number of nitriles is 1. The normalized spacial score (nSPS) is 10.8. The molecular weight excluding hydrogens is 531 g/mol. The standard InChI is InChI=1S/C27H22BrFN2O5/c1-3-35-24-14-17(13-22(28)25(24)36-16-19-6-4-5-7-23(19)29)12-20(15-30)26(32)31-21-10-8-18(9-11-21)27(33)34-2/h4-14H,3,16H2,1-2H3,(H,31,32)/b20-12+. The molecule has 0 saturated heterocycles. The first kappa shape index (κ1) is 26.4. The first-order valence-corrected chi connectivity index (χ1v) is 11.6. The van der Waals surface area contributed by atoms with Crippen molar-refractivity contribution in [3.05, 3.63) is 93.2 Å². The summed E-state index contributed by atoms with van der Waals surface area (Å²) in [5.41, 5.74) is 1.48. The molecule has 0 bridgehead atoms. The largest absolute Gasteiger partial charge is 0.490 e. The lowest BCUT2D eigenvalue weighted by atomic mass is 10.1. The minimum atomic E-state index is -0.628. The number of nitrogens with one attached hydrogen (secondary N) is 1. The molecule has 0 fully saturated rings. The molecule has 1 amide bonds. The van der Waals surface area contributed by atoms with Crippen molar-refractivity contribution in [3.63, 3.8) is 0 Å². The van der Waals surface area contributed by atoms with Crippen molar-refractivity contribution in [2.75, 3.05) is 19.0 Å². The summed E-state index contributed by atoms with van der Waals surface area (Å²) in [7, 11) is 1.28. The van der Waals surface area contributed by atoms with Gasteiger partial charge in [-0.3, -0.25) is 4.79 Å². The van der Waals surface area contributed by atoms with Crippen LogP contribution in [0.3, 0.4) is 0 Å². The van der Waals surface area contributed by atoms with E-state index < -0.39 is 11.9 Å². The van der Waals surface area contributed by atoms with Crippen LogP contribution in [-0.2, 0) is 16.1 Å². The number of benzene rings is 3. The number of amides is 1. The van der Waals surface area contributed by atoms with Crippen LogP contribution in [-0.4, -0.2) is 25.6 Å². The van der Waals surface area contributed by atoms with Gasteiger partial charge in [-0.05, 0) is 77.0 Å². The predicted octanol–water partition coefficient (Wildman–Crippen LogP) is 5.90. The average molecular weight is 553 g/mol. The summed E-state index contributed by atoms with van der Waals surface area (Å²) in [6.07, 6.45) is 1.41. The lowest BCUT2D eigenvalue weighted by Gasteiger charge is -2.15. The second-order valence-corrected chi connectivity index (χ2v) is 8.19. The molecule has 3 rings (SSSR count). The molecule has 1 N–H and O–H groups in total. The van der Waals surface area contributed by atoms with Crippen molar-refractivity contribution in [2.45, 2.75) is 13.5 Å². The van der Waals surface area contributed by atoms with E-state index >= 15 is 0 Å². The van der Waals surface area contributed by atoms with Gasteiger partial charge in [-0.2, -0.15) is 5.26 Å². The van der Waals surface area contributed by atoms with Crippen LogP contribution in [0.2, 0.25) is 0 Å². The van der Waals surface area contributed by atoms with Gasteiger partial charge in [-0.1, -0.05) is 18.2 Å². The SMILES string of the molecule is CCOc1cc(/C=C(\C#N)C(=O)Nc2ccc(C(=O)OC)cc2)cc(Br)c1OCc1ccccc1F. The van der Waals surface area contributed by atoms with Crippen molar-refractivity contribution >= 4 is 39.6 Å². The van der Waals surface area contributed by atoms with E-state index in [-0.39, 0.29) is 18.0 Å². The van der Waals surface area contributed by atoms with E-state index in [1.54, 1.807) is 37.3 Å². The summed E-state index contributed by atoms with van der Waals surface area (Å²) in [5, 5.41) is 12.2. The summed E-state index contributed by atoms with van der Waals surface area (Å²) in [5.74, 6) is -0.771. The van der Waals surface area contributed by atoms with Crippen molar-refractivity contribution in [3.8, 4) is 17.6 Å². The van der Waals surface area contributed by atoms with Gasteiger partial charge in [0.05, 0.1) is 23.8 Å². The second-order valence-electron chi connectivity index (χ2n) is 7.34. The number of ether oxygens (including phenoxy) is 3. The first-order chi connectivity index (χ1) is 17.4. The Bertz CT molecular complexity index is 1330. The van der Waals surface area contributed by atoms with E-state index in [2.05, 4.69) is 26.0 Å². The maximum atomic E-state index is 14.0. The third-order valence-electron chi connectivity index (χ3n) is 4.90. The monoisotopic (exact) mass is 552 g/mol. The molecule has 0 aliphatic heterocycles. The van der Waals surface area contributed by atoms with Crippen LogP contribution in [0.5, 0.6) is 11.5 Å². The molecule has 0 radical (unpaired) electrons. The fourth-order valence-corrected chi connectivity index (χ4v) is 3.74. The number of rotatable bonds is 9. The molecule has 3 aromatic carbocycles. The summed E-state index contributed by atoms with van der Waals surface area (Å²) in [6, 6.07) is 17.5. The molecule has 0 atom stereocenters. The highest BCUT2D eigenvalue weighted by molar-refractivity contribution is 9.10. The Balaban J connectivity index is 1.82. The molecule has 36 heavy (non-hydrogen) atoms. The van der Waals surface area contributed by atoms with Crippen LogP contribution >= 0.6 is 15.9 Å². The summed E-state index contributed by atoms with van der Waals surface area (Å²) in [4.78, 5) is 24.2. The minimum absolute atomic E-state index is 0.0127. The molecule has 0 aromatic heterocycles. The number of methoxy groups -OCH3 is 1. The zero-order valence-corrected chi connectivity index (χ0v) is 21.1. The number of esters is 1. The Kier molecular flexibility index (Phi) is 9.19. The molecule has 0 aliphatic carbocycles. The van der Waals surface area contributed by atoms with Crippen molar-refractivity contribution < 1.29 is 28.2 Å². The Morgan fingerprint density at radius 2 is 1.83 bits per heavy atom. The van der Waals surface area contributed by atoms with E-state index in [4.69, 9.17) is 9.47 Å². The van der Waals surface area contributed by atoms with Gasteiger partial charge in [-0.25, -0.2) is 9.18 Å². The van der Waals surface area contributed by atoms with Gasteiger partial charge in [0.25, 0.3) is 5.91 Å². The van der Waals surface area contributed by atoms with Crippen LogP contribution in [0.25, 0.3) is 6.08 Å². The smallest absolute Gasteiger partial charge is 0.337 e. The summed E-state index contributed by atoms with van der Waals surface area (Å²) in [6.45, 7) is 2.13. The van der Waals surface area contributed by atoms with E-state index in [0.717, 1.165) is 0 Å². The fraction of sp³-hybridized carbons (Fsp3) is 0.148. The zero-order valence-electron chi connectivity index (χ0n) is 19.5. The Hall–Kier alpha value is -4.16. The highest BCUT2D eigenvalue weighted by atomic mass is 79.9. The molecule has 3 aromatic rings. The fourth-order valence-electron chi connectivity index (χ4n) is 3.16. The molecule has 0 heterocycles. The molecular formula is C27H22BrFN2O5. The molecule has 0 saturated carbocycles. The Morgan fingerprint density at radius 1 is 1.11 bits per heavy atom. The van der Waals surface area contributed by atoms with Crippen molar-refractivity contribution in [2.24, 2.45) is 0 Å². The van der Waals surface area contributed by atoms with E-state index in [9.17, 15) is 19.2 Å². The maximum Gasteiger partial charge on any atom is 0.337 e. The molecule has 0 unspecified atom stereocenters. The predicted molar refractivity (Wildman–Crippen MR) is 136 cm³/mol. The van der Waals surface area contributed by atoms with E-state index in [1.807, 2.05) is 6.07 Å². The van der Waals surface area contributed by atoms with Gasteiger partial charge in [0.2, 0.25) is 0 Å². The number of carbonyl (C=O) groups excluding carboxylic acids is 2. The zero-order chi connectivity index (χ0) is 26.1. The van der Waals surface area contributed by atoms with Gasteiger partial charge in [0, 0.05) is 11.3 Å². The number of halogens is 2. The Labute approximate surface area is 216 Å². The first-order valence-electron chi connectivity index (χ1n) is 10.8. The lowest BCUT2D eigenvalue weighted by Crippen LogP contribution is -2.13. The van der Waals surface area contributed by atoms with Crippen molar-refractivity contribution in [1.82, 2.24) is 0 Å². The average Bonchev–Trinajstić information content (AvgIpc) is 2.87. The highest BCUT2D eigenvalue weighted by Gasteiger charge is 2.16. The summed E-state index contributed by atoms with van der Waals surface area (Å²) >= 11 is 3.44. The van der Waals surface area contributed by atoms with Crippen LogP contribution in [0.4, 0.5) is 10.1 Å². The lowest BCUT2D eigenvalue weighted by molar-refractivity contribution is -0.112. The highest BCUT2D eigenvalue weighted by Crippen LogP contribution is 2.38. The van der Waals surface area contributed by atoms with Crippen LogP contribution in [0.15, 0.2) is 70.7 Å². The third kappa shape index (κ3) is 6.71. The minimum Gasteiger partial charge on any atom is -0.490 e. The van der Waals surface area contributed by atoms with Crippen LogP contribution in [0.1, 0.15) is 28.4 Å². The van der Waals surface area contributed by atoms with Crippen LogP contribution in [0, 0.1) is 17.1 Å². The molecule has 0 aliphatic rings. The quantitative estimate of drug-likeness (QED) is 0.201. The van der Waals surface area contributed by atoms with Gasteiger partial charge in [0.1, 0.15) is 24.1 Å². The van der Waals surface area contributed by atoms with Gasteiger partial charge < -0.3 is 19.5 Å². The topological polar surface area (TPSA) is 97.7 Å². The number of hydrogen-bond donors (Lipinski definition) is 1. The van der Waals surface area contributed by atoms with Gasteiger partial charge in [0.15, 0.2) is 11.5 Å². The number of nitrogens with zero attached hydrogens (tertiary/aromatic N) is 1. The molecule has 184 valence electrons. The number of anilines is 1. The molecule has 7 nitrogen and oxygen atoms in total. The van der Waals surface area contributed by atoms with Crippen LogP contribution < -0.4 is 14.8 Å². The van der Waals surface area contributed by atoms with E-state index in [0.29, 0.717) is 45.0 Å². The summed E-state index contributed by atoms with van der Waals surface area (Å²) < 4.78 is 30.6. The van der Waals surface area contributed by atoms with Gasteiger partial charge in [-0.15, -0.1) is 0 Å². The third-order valence-corrected chi connectivity index (χ3v) is 5.49.